The third-order valence-electron chi connectivity index (χ3n) is 3.71. The molecule has 100 valence electrons. The van der Waals surface area contributed by atoms with Crippen LogP contribution in [0.25, 0.3) is 0 Å². The fourth-order valence-electron chi connectivity index (χ4n) is 2.70. The van der Waals surface area contributed by atoms with Gasteiger partial charge in [0.25, 0.3) is 5.91 Å². The summed E-state index contributed by atoms with van der Waals surface area (Å²) in [6.07, 6.45) is 7.52. The lowest BCUT2D eigenvalue weighted by Crippen LogP contribution is -2.44. The molecule has 2 rings (SSSR count). The zero-order valence-electron chi connectivity index (χ0n) is 11.0. The topological polar surface area (TPSA) is 75.0 Å². The quantitative estimate of drug-likeness (QED) is 0.849. The van der Waals surface area contributed by atoms with Crippen LogP contribution in [0, 0.1) is 6.92 Å². The second-order valence-corrected chi connectivity index (χ2v) is 4.99. The van der Waals surface area contributed by atoms with Crippen molar-refractivity contribution in [3.05, 3.63) is 17.5 Å². The average Bonchev–Trinajstić information content (AvgIpc) is 2.82. The summed E-state index contributed by atoms with van der Waals surface area (Å²) in [6, 6.07) is 0.351. The summed E-state index contributed by atoms with van der Waals surface area (Å²) >= 11 is 0. The maximum atomic E-state index is 12.5. The summed E-state index contributed by atoms with van der Waals surface area (Å²) in [6.45, 7) is 3.02. The van der Waals surface area contributed by atoms with Gasteiger partial charge in [-0.15, -0.1) is 0 Å². The Bertz CT molecular complexity index is 395. The maximum absolute atomic E-state index is 12.5. The van der Waals surface area contributed by atoms with E-state index in [-0.39, 0.29) is 5.91 Å². The monoisotopic (exact) mass is 250 g/mol. The van der Waals surface area contributed by atoms with Crippen LogP contribution in [0.5, 0.6) is 0 Å². The summed E-state index contributed by atoms with van der Waals surface area (Å²) in [7, 11) is 0. The van der Waals surface area contributed by atoms with Gasteiger partial charge >= 0.3 is 0 Å². The Morgan fingerprint density at radius 2 is 2.22 bits per heavy atom. The normalized spacial score (nSPS) is 16.8. The third-order valence-corrected chi connectivity index (χ3v) is 3.71. The molecule has 0 radical (unpaired) electrons. The minimum absolute atomic E-state index is 0.0681. The number of nitrogens with zero attached hydrogens (tertiary/aromatic N) is 2. The molecule has 5 nitrogen and oxygen atoms in total. The predicted molar refractivity (Wildman–Crippen MR) is 70.3 cm³/mol. The van der Waals surface area contributed by atoms with Crippen molar-refractivity contribution in [1.29, 1.82) is 0 Å². The first-order chi connectivity index (χ1) is 8.74. The molecule has 1 fully saturated rings. The predicted octanol–water partition coefficient (Wildman–Crippen LogP) is 1.45. The Hall–Kier alpha value is -1.36. The van der Waals surface area contributed by atoms with Crippen molar-refractivity contribution in [1.82, 2.24) is 15.1 Å². The molecule has 0 bridgehead atoms. The molecular formula is C13H22N4O. The number of carbonyl (C=O) groups excluding carboxylic acids is 1. The number of hydrogen-bond acceptors (Lipinski definition) is 3. The summed E-state index contributed by atoms with van der Waals surface area (Å²) < 4.78 is 0. The first-order valence-corrected chi connectivity index (χ1v) is 6.75. The minimum Gasteiger partial charge on any atom is -0.334 e. The first kappa shape index (κ1) is 13.1. The van der Waals surface area contributed by atoms with E-state index < -0.39 is 0 Å². The van der Waals surface area contributed by atoms with Gasteiger partial charge in [-0.2, -0.15) is 5.10 Å². The molecule has 1 heterocycles. The molecule has 1 aromatic heterocycles. The van der Waals surface area contributed by atoms with Gasteiger partial charge in [0.05, 0.1) is 11.8 Å². The average molecular weight is 250 g/mol. The second-order valence-electron chi connectivity index (χ2n) is 4.99. The van der Waals surface area contributed by atoms with Crippen molar-refractivity contribution < 1.29 is 4.79 Å². The van der Waals surface area contributed by atoms with E-state index in [1.807, 2.05) is 11.8 Å². The number of H-pyrrole nitrogens is 1. The van der Waals surface area contributed by atoms with Gasteiger partial charge < -0.3 is 10.6 Å². The van der Waals surface area contributed by atoms with Crippen LogP contribution in [0.3, 0.4) is 0 Å². The molecule has 0 spiro atoms. The molecule has 0 aliphatic heterocycles. The first-order valence-electron chi connectivity index (χ1n) is 6.75. The number of aromatic amines is 1. The van der Waals surface area contributed by atoms with E-state index >= 15 is 0 Å². The fourth-order valence-corrected chi connectivity index (χ4v) is 2.70. The summed E-state index contributed by atoms with van der Waals surface area (Å²) in [5, 5.41) is 6.75. The zero-order chi connectivity index (χ0) is 13.0. The SMILES string of the molecule is Cc1[nH]ncc1C(=O)N(CCN)C1CCCCC1. The number of nitrogens with one attached hydrogen (secondary N) is 1. The van der Waals surface area contributed by atoms with E-state index in [1.54, 1.807) is 6.20 Å². The molecule has 1 aliphatic carbocycles. The summed E-state index contributed by atoms with van der Waals surface area (Å²) in [5.41, 5.74) is 7.15. The van der Waals surface area contributed by atoms with Crippen LogP contribution in [-0.2, 0) is 0 Å². The van der Waals surface area contributed by atoms with Crippen molar-refractivity contribution in [2.75, 3.05) is 13.1 Å². The Morgan fingerprint density at radius 3 is 2.78 bits per heavy atom. The van der Waals surface area contributed by atoms with E-state index in [9.17, 15) is 4.79 Å². The number of rotatable bonds is 4. The fraction of sp³-hybridized carbons (Fsp3) is 0.692. The van der Waals surface area contributed by atoms with Crippen molar-refractivity contribution in [3.8, 4) is 0 Å². The van der Waals surface area contributed by atoms with Gasteiger partial charge in [0.2, 0.25) is 0 Å². The molecule has 5 heteroatoms. The van der Waals surface area contributed by atoms with E-state index in [2.05, 4.69) is 10.2 Å². The molecule has 1 aromatic rings. The van der Waals surface area contributed by atoms with Gasteiger partial charge in [-0.1, -0.05) is 19.3 Å². The Labute approximate surface area is 108 Å². The van der Waals surface area contributed by atoms with E-state index in [4.69, 9.17) is 5.73 Å². The number of aromatic nitrogens is 2. The molecule has 18 heavy (non-hydrogen) atoms. The number of hydrogen-bond donors (Lipinski definition) is 2. The smallest absolute Gasteiger partial charge is 0.257 e. The van der Waals surface area contributed by atoms with Gasteiger partial charge in [-0.05, 0) is 19.8 Å². The van der Waals surface area contributed by atoms with E-state index in [0.717, 1.165) is 18.5 Å². The Balaban J connectivity index is 2.13. The Kier molecular flexibility index (Phi) is 4.36. The highest BCUT2D eigenvalue weighted by atomic mass is 16.2. The summed E-state index contributed by atoms with van der Waals surface area (Å²) in [5.74, 6) is 0.0681. The minimum atomic E-state index is 0.0681. The van der Waals surface area contributed by atoms with Gasteiger partial charge in [-0.3, -0.25) is 9.89 Å². The molecule has 1 amide bonds. The maximum Gasteiger partial charge on any atom is 0.257 e. The second kappa shape index (κ2) is 6.00. The highest BCUT2D eigenvalue weighted by Gasteiger charge is 2.26. The molecule has 0 aromatic carbocycles. The molecular weight excluding hydrogens is 228 g/mol. The highest BCUT2D eigenvalue weighted by molar-refractivity contribution is 5.95. The van der Waals surface area contributed by atoms with Crippen molar-refractivity contribution >= 4 is 5.91 Å². The van der Waals surface area contributed by atoms with Crippen LogP contribution in [0.1, 0.15) is 48.2 Å². The van der Waals surface area contributed by atoms with Crippen LogP contribution < -0.4 is 5.73 Å². The lowest BCUT2D eigenvalue weighted by molar-refractivity contribution is 0.0641. The highest BCUT2D eigenvalue weighted by Crippen LogP contribution is 2.24. The van der Waals surface area contributed by atoms with Crippen molar-refractivity contribution in [2.24, 2.45) is 5.73 Å². The Morgan fingerprint density at radius 1 is 1.50 bits per heavy atom. The van der Waals surface area contributed by atoms with Crippen LogP contribution >= 0.6 is 0 Å². The molecule has 1 saturated carbocycles. The number of aryl methyl sites for hydroxylation is 1. The lowest BCUT2D eigenvalue weighted by atomic mass is 9.93. The number of carbonyl (C=O) groups is 1. The van der Waals surface area contributed by atoms with Crippen LogP contribution in [0.4, 0.5) is 0 Å². The lowest BCUT2D eigenvalue weighted by Gasteiger charge is -2.34. The van der Waals surface area contributed by atoms with E-state index in [1.165, 1.54) is 19.3 Å². The van der Waals surface area contributed by atoms with Crippen molar-refractivity contribution in [3.63, 3.8) is 0 Å². The molecule has 0 atom stereocenters. The molecule has 0 saturated heterocycles. The molecule has 3 N–H and O–H groups in total. The molecule has 0 unspecified atom stereocenters. The molecule has 1 aliphatic rings. The van der Waals surface area contributed by atoms with Crippen LogP contribution in [0.2, 0.25) is 0 Å². The zero-order valence-corrected chi connectivity index (χ0v) is 11.0. The standard InChI is InChI=1S/C13H22N4O/c1-10-12(9-15-16-10)13(18)17(8-7-14)11-5-3-2-4-6-11/h9,11H,2-8,14H2,1H3,(H,15,16). The number of nitrogens with two attached hydrogens (primary N) is 1. The van der Waals surface area contributed by atoms with Gasteiger partial charge in [0.15, 0.2) is 0 Å². The van der Waals surface area contributed by atoms with Gasteiger partial charge in [0.1, 0.15) is 0 Å². The van der Waals surface area contributed by atoms with Gasteiger partial charge in [-0.25, -0.2) is 0 Å². The third kappa shape index (κ3) is 2.72. The number of amides is 1. The van der Waals surface area contributed by atoms with Crippen LogP contribution in [0.15, 0.2) is 6.20 Å². The van der Waals surface area contributed by atoms with E-state index in [0.29, 0.717) is 24.7 Å². The van der Waals surface area contributed by atoms with Gasteiger partial charge in [0, 0.05) is 24.8 Å². The largest absolute Gasteiger partial charge is 0.334 e. The van der Waals surface area contributed by atoms with Crippen LogP contribution in [-0.4, -0.2) is 40.1 Å². The van der Waals surface area contributed by atoms with Crippen molar-refractivity contribution in [2.45, 2.75) is 45.1 Å². The summed E-state index contributed by atoms with van der Waals surface area (Å²) in [4.78, 5) is 14.5.